The average molecular weight is 234 g/mol. The molecule has 2 N–H and O–H groups in total. The standard InChI is InChI=1S/C13H22N4/c1-4-6-16-8-11(5-2)15-13(16)17-7-10(3)12(14)9-17/h4,8,10,12H,1,5-7,9,14H2,2-3H3. The fourth-order valence-electron chi connectivity index (χ4n) is 2.31. The van der Waals surface area contributed by atoms with Crippen molar-refractivity contribution >= 4 is 5.95 Å². The highest BCUT2D eigenvalue weighted by Gasteiger charge is 2.29. The molecule has 0 amide bonds. The lowest BCUT2D eigenvalue weighted by Gasteiger charge is -2.17. The Balaban J connectivity index is 2.24. The lowest BCUT2D eigenvalue weighted by molar-refractivity contribution is 0.565. The minimum absolute atomic E-state index is 0.258. The number of anilines is 1. The zero-order valence-corrected chi connectivity index (χ0v) is 10.8. The monoisotopic (exact) mass is 234 g/mol. The first-order chi connectivity index (χ1) is 8.15. The molecule has 1 fully saturated rings. The number of allylic oxidation sites excluding steroid dienone is 1. The van der Waals surface area contributed by atoms with Crippen molar-refractivity contribution in [1.82, 2.24) is 9.55 Å². The molecule has 1 saturated heterocycles. The Morgan fingerprint density at radius 1 is 1.59 bits per heavy atom. The van der Waals surface area contributed by atoms with E-state index in [1.165, 1.54) is 0 Å². The summed E-state index contributed by atoms with van der Waals surface area (Å²) in [5.41, 5.74) is 7.20. The minimum Gasteiger partial charge on any atom is -0.340 e. The third-order valence-electron chi connectivity index (χ3n) is 3.45. The van der Waals surface area contributed by atoms with Crippen LogP contribution in [0.4, 0.5) is 5.95 Å². The van der Waals surface area contributed by atoms with Crippen LogP contribution in [0.2, 0.25) is 0 Å². The van der Waals surface area contributed by atoms with Crippen LogP contribution in [0.1, 0.15) is 19.5 Å². The molecule has 2 heterocycles. The number of nitrogens with zero attached hydrogens (tertiary/aromatic N) is 3. The van der Waals surface area contributed by atoms with Crippen LogP contribution in [0.15, 0.2) is 18.9 Å². The summed E-state index contributed by atoms with van der Waals surface area (Å²) >= 11 is 0. The number of aryl methyl sites for hydroxylation is 1. The van der Waals surface area contributed by atoms with Crippen molar-refractivity contribution < 1.29 is 0 Å². The van der Waals surface area contributed by atoms with Gasteiger partial charge in [-0.1, -0.05) is 19.9 Å². The van der Waals surface area contributed by atoms with Gasteiger partial charge < -0.3 is 15.2 Å². The highest BCUT2D eigenvalue weighted by molar-refractivity contribution is 5.36. The third-order valence-corrected chi connectivity index (χ3v) is 3.45. The zero-order chi connectivity index (χ0) is 12.4. The number of hydrogen-bond acceptors (Lipinski definition) is 3. The lowest BCUT2D eigenvalue weighted by Crippen LogP contribution is -2.29. The molecule has 0 radical (unpaired) electrons. The molecule has 4 nitrogen and oxygen atoms in total. The molecule has 1 aromatic rings. The van der Waals surface area contributed by atoms with E-state index in [1.54, 1.807) is 0 Å². The van der Waals surface area contributed by atoms with Crippen LogP contribution in [-0.4, -0.2) is 28.7 Å². The number of aromatic nitrogens is 2. The van der Waals surface area contributed by atoms with Crippen molar-refractivity contribution in [2.75, 3.05) is 18.0 Å². The second kappa shape index (κ2) is 4.92. The molecule has 17 heavy (non-hydrogen) atoms. The lowest BCUT2D eigenvalue weighted by atomic mass is 10.1. The summed E-state index contributed by atoms with van der Waals surface area (Å²) < 4.78 is 2.16. The number of imidazole rings is 1. The zero-order valence-electron chi connectivity index (χ0n) is 10.8. The molecule has 0 saturated carbocycles. The van der Waals surface area contributed by atoms with Crippen molar-refractivity contribution in [2.45, 2.75) is 32.9 Å². The molecular weight excluding hydrogens is 212 g/mol. The van der Waals surface area contributed by atoms with E-state index in [2.05, 4.69) is 41.1 Å². The summed E-state index contributed by atoms with van der Waals surface area (Å²) in [6.45, 7) is 10.8. The van der Waals surface area contributed by atoms with Crippen LogP contribution in [0, 0.1) is 5.92 Å². The van der Waals surface area contributed by atoms with Gasteiger partial charge >= 0.3 is 0 Å². The molecule has 0 spiro atoms. The summed E-state index contributed by atoms with van der Waals surface area (Å²) in [5.74, 6) is 1.58. The van der Waals surface area contributed by atoms with Crippen LogP contribution in [-0.2, 0) is 13.0 Å². The van der Waals surface area contributed by atoms with Crippen molar-refractivity contribution in [3.05, 3.63) is 24.5 Å². The van der Waals surface area contributed by atoms with E-state index in [1.807, 2.05) is 6.08 Å². The Kier molecular flexibility index (Phi) is 3.52. The number of rotatable bonds is 4. The predicted molar refractivity (Wildman–Crippen MR) is 71.2 cm³/mol. The van der Waals surface area contributed by atoms with Gasteiger partial charge in [0.2, 0.25) is 5.95 Å². The normalized spacial score (nSPS) is 24.3. The molecule has 2 rings (SSSR count). The van der Waals surface area contributed by atoms with Crippen molar-refractivity contribution in [1.29, 1.82) is 0 Å². The van der Waals surface area contributed by atoms with E-state index >= 15 is 0 Å². The third kappa shape index (κ3) is 2.36. The van der Waals surface area contributed by atoms with Gasteiger partial charge in [0.05, 0.1) is 5.69 Å². The van der Waals surface area contributed by atoms with Gasteiger partial charge in [-0.05, 0) is 12.3 Å². The van der Waals surface area contributed by atoms with Gasteiger partial charge in [-0.25, -0.2) is 4.98 Å². The summed E-state index contributed by atoms with van der Waals surface area (Å²) in [6, 6.07) is 0.258. The van der Waals surface area contributed by atoms with Gasteiger partial charge in [-0.15, -0.1) is 6.58 Å². The van der Waals surface area contributed by atoms with Crippen LogP contribution in [0.3, 0.4) is 0 Å². The van der Waals surface area contributed by atoms with Gasteiger partial charge in [0, 0.05) is 31.9 Å². The molecule has 1 aliphatic rings. The minimum atomic E-state index is 0.258. The smallest absolute Gasteiger partial charge is 0.206 e. The van der Waals surface area contributed by atoms with Crippen molar-refractivity contribution in [3.8, 4) is 0 Å². The van der Waals surface area contributed by atoms with E-state index in [0.29, 0.717) is 5.92 Å². The maximum absolute atomic E-state index is 6.07. The van der Waals surface area contributed by atoms with E-state index in [4.69, 9.17) is 5.73 Å². The molecule has 2 unspecified atom stereocenters. The number of hydrogen-bond donors (Lipinski definition) is 1. The molecule has 0 aromatic carbocycles. The maximum atomic E-state index is 6.07. The highest BCUT2D eigenvalue weighted by atomic mass is 15.3. The van der Waals surface area contributed by atoms with Crippen LogP contribution in [0.5, 0.6) is 0 Å². The summed E-state index contributed by atoms with van der Waals surface area (Å²) in [5, 5.41) is 0. The molecular formula is C13H22N4. The maximum Gasteiger partial charge on any atom is 0.206 e. The predicted octanol–water partition coefficient (Wildman–Crippen LogP) is 1.41. The molecule has 4 heteroatoms. The SMILES string of the molecule is C=CCn1cc(CC)nc1N1CC(C)C(N)C1. The topological polar surface area (TPSA) is 47.1 Å². The summed E-state index contributed by atoms with van der Waals surface area (Å²) in [4.78, 5) is 6.97. The fourth-order valence-corrected chi connectivity index (χ4v) is 2.31. The van der Waals surface area contributed by atoms with Gasteiger partial charge in [0.15, 0.2) is 0 Å². The second-order valence-electron chi connectivity index (χ2n) is 4.87. The largest absolute Gasteiger partial charge is 0.340 e. The quantitative estimate of drug-likeness (QED) is 0.801. The van der Waals surface area contributed by atoms with Gasteiger partial charge in [0.25, 0.3) is 0 Å². The molecule has 1 aliphatic heterocycles. The van der Waals surface area contributed by atoms with E-state index in [-0.39, 0.29) is 6.04 Å². The van der Waals surface area contributed by atoms with Crippen molar-refractivity contribution in [3.63, 3.8) is 0 Å². The van der Waals surface area contributed by atoms with Crippen molar-refractivity contribution in [2.24, 2.45) is 11.7 Å². The molecule has 1 aromatic heterocycles. The first-order valence-corrected chi connectivity index (χ1v) is 6.33. The first kappa shape index (κ1) is 12.2. The van der Waals surface area contributed by atoms with Gasteiger partial charge in [-0.2, -0.15) is 0 Å². The van der Waals surface area contributed by atoms with Crippen LogP contribution >= 0.6 is 0 Å². The highest BCUT2D eigenvalue weighted by Crippen LogP contribution is 2.23. The first-order valence-electron chi connectivity index (χ1n) is 6.33. The Morgan fingerprint density at radius 3 is 2.88 bits per heavy atom. The Morgan fingerprint density at radius 2 is 2.35 bits per heavy atom. The average Bonchev–Trinajstić information content (AvgIpc) is 2.84. The molecule has 2 atom stereocenters. The molecule has 0 bridgehead atoms. The summed E-state index contributed by atoms with van der Waals surface area (Å²) in [6.07, 6.45) is 4.99. The van der Waals surface area contributed by atoms with Gasteiger partial charge in [-0.3, -0.25) is 0 Å². The molecule has 94 valence electrons. The Labute approximate surface area is 103 Å². The Hall–Kier alpha value is -1.29. The Bertz CT molecular complexity index is 386. The van der Waals surface area contributed by atoms with Crippen LogP contribution < -0.4 is 10.6 Å². The van der Waals surface area contributed by atoms with Crippen LogP contribution in [0.25, 0.3) is 0 Å². The second-order valence-corrected chi connectivity index (χ2v) is 4.87. The number of nitrogens with two attached hydrogens (primary N) is 1. The van der Waals surface area contributed by atoms with E-state index in [9.17, 15) is 0 Å². The van der Waals surface area contributed by atoms with E-state index < -0.39 is 0 Å². The fraction of sp³-hybridized carbons (Fsp3) is 0.615. The summed E-state index contributed by atoms with van der Waals surface area (Å²) in [7, 11) is 0. The van der Waals surface area contributed by atoms with E-state index in [0.717, 1.165) is 37.7 Å². The van der Waals surface area contributed by atoms with Gasteiger partial charge in [0.1, 0.15) is 0 Å². The molecule has 0 aliphatic carbocycles.